The predicted molar refractivity (Wildman–Crippen MR) is 90.4 cm³/mol. The molecule has 2 saturated heterocycles. The van der Waals surface area contributed by atoms with Crippen molar-refractivity contribution < 1.29 is 0 Å². The number of anilines is 1. The summed E-state index contributed by atoms with van der Waals surface area (Å²) in [6, 6.07) is 1.17. The molecule has 0 aromatic carbocycles. The Morgan fingerprint density at radius 3 is 2.95 bits per heavy atom. The maximum Gasteiger partial charge on any atom is 0.185 e. The third-order valence-electron chi connectivity index (χ3n) is 4.80. The first-order valence-corrected chi connectivity index (χ1v) is 9.20. The third kappa shape index (κ3) is 3.25. The van der Waals surface area contributed by atoms with E-state index in [-0.39, 0.29) is 0 Å². The van der Waals surface area contributed by atoms with E-state index in [0.29, 0.717) is 6.04 Å². The molecule has 1 aromatic heterocycles. The van der Waals surface area contributed by atoms with Gasteiger partial charge in [-0.3, -0.25) is 4.90 Å². The molecule has 0 aliphatic carbocycles. The van der Waals surface area contributed by atoms with Gasteiger partial charge in [-0.2, -0.15) is 0 Å². The number of thiazole rings is 1. The van der Waals surface area contributed by atoms with E-state index in [2.05, 4.69) is 35.9 Å². The molecule has 2 aliphatic heterocycles. The normalized spacial score (nSPS) is 24.9. The zero-order chi connectivity index (χ0) is 14.8. The Bertz CT molecular complexity index is 473. The summed E-state index contributed by atoms with van der Waals surface area (Å²) < 4.78 is 0. The van der Waals surface area contributed by atoms with Crippen LogP contribution in [0.25, 0.3) is 0 Å². The van der Waals surface area contributed by atoms with Crippen LogP contribution in [0, 0.1) is 6.92 Å². The molecule has 21 heavy (non-hydrogen) atoms. The molecule has 0 saturated carbocycles. The molecule has 2 unspecified atom stereocenters. The van der Waals surface area contributed by atoms with E-state index >= 15 is 0 Å². The smallest absolute Gasteiger partial charge is 0.185 e. The van der Waals surface area contributed by atoms with Crippen molar-refractivity contribution in [3.8, 4) is 0 Å². The second-order valence-corrected chi connectivity index (χ2v) is 7.37. The first kappa shape index (κ1) is 15.3. The summed E-state index contributed by atoms with van der Waals surface area (Å²) in [5.74, 6) is 0. The quantitative estimate of drug-likeness (QED) is 0.927. The topological polar surface area (TPSA) is 31.4 Å². The summed E-state index contributed by atoms with van der Waals surface area (Å²) in [6.07, 6.45) is 4.01. The Balaban J connectivity index is 1.75. The van der Waals surface area contributed by atoms with Gasteiger partial charge in [0.2, 0.25) is 0 Å². The second-order valence-electron chi connectivity index (χ2n) is 6.36. The zero-order valence-corrected chi connectivity index (χ0v) is 14.4. The predicted octanol–water partition coefficient (Wildman–Crippen LogP) is 2.80. The van der Waals surface area contributed by atoms with E-state index in [0.717, 1.165) is 19.1 Å². The van der Waals surface area contributed by atoms with Gasteiger partial charge < -0.3 is 10.2 Å². The highest BCUT2D eigenvalue weighted by Crippen LogP contribution is 2.32. The number of aryl methyl sites for hydroxylation is 1. The molecule has 0 spiro atoms. The molecule has 0 radical (unpaired) electrons. The lowest BCUT2D eigenvalue weighted by molar-refractivity contribution is 0.273. The molecule has 2 atom stereocenters. The SMILES string of the molecule is CCNC(C)c1sc(N2CCCN3CCCC3C2)nc1C. The minimum absolute atomic E-state index is 0.413. The number of hydrogen-bond acceptors (Lipinski definition) is 5. The van der Waals surface area contributed by atoms with Crippen molar-refractivity contribution in [2.24, 2.45) is 0 Å². The van der Waals surface area contributed by atoms with E-state index in [4.69, 9.17) is 4.98 Å². The van der Waals surface area contributed by atoms with Crippen molar-refractivity contribution in [2.75, 3.05) is 37.6 Å². The van der Waals surface area contributed by atoms with Crippen molar-refractivity contribution in [3.05, 3.63) is 10.6 Å². The number of nitrogens with zero attached hydrogens (tertiary/aromatic N) is 3. The summed E-state index contributed by atoms with van der Waals surface area (Å²) in [5.41, 5.74) is 1.20. The monoisotopic (exact) mass is 308 g/mol. The van der Waals surface area contributed by atoms with Crippen LogP contribution in [0.5, 0.6) is 0 Å². The highest BCUT2D eigenvalue weighted by molar-refractivity contribution is 7.15. The lowest BCUT2D eigenvalue weighted by Crippen LogP contribution is -2.36. The van der Waals surface area contributed by atoms with Crippen LogP contribution in [-0.4, -0.2) is 48.6 Å². The molecule has 3 heterocycles. The molecule has 1 aromatic rings. The second kappa shape index (κ2) is 6.63. The van der Waals surface area contributed by atoms with E-state index in [9.17, 15) is 0 Å². The van der Waals surface area contributed by atoms with Gasteiger partial charge >= 0.3 is 0 Å². The number of hydrogen-bond donors (Lipinski definition) is 1. The van der Waals surface area contributed by atoms with Gasteiger partial charge in [-0.1, -0.05) is 6.92 Å². The van der Waals surface area contributed by atoms with Gasteiger partial charge in [-0.15, -0.1) is 11.3 Å². The number of rotatable bonds is 4. The summed E-state index contributed by atoms with van der Waals surface area (Å²) in [4.78, 5) is 11.5. The number of aromatic nitrogens is 1. The van der Waals surface area contributed by atoms with Crippen LogP contribution >= 0.6 is 11.3 Å². The molecule has 4 nitrogen and oxygen atoms in total. The van der Waals surface area contributed by atoms with Crippen LogP contribution in [0.4, 0.5) is 5.13 Å². The maximum atomic E-state index is 4.88. The number of fused-ring (bicyclic) bond motifs is 1. The highest BCUT2D eigenvalue weighted by atomic mass is 32.1. The minimum Gasteiger partial charge on any atom is -0.346 e. The first-order valence-electron chi connectivity index (χ1n) is 8.38. The summed E-state index contributed by atoms with van der Waals surface area (Å²) >= 11 is 1.89. The molecule has 0 amide bonds. The lowest BCUT2D eigenvalue weighted by atomic mass is 10.2. The van der Waals surface area contributed by atoms with Crippen molar-refractivity contribution in [1.29, 1.82) is 0 Å². The molecule has 0 bridgehead atoms. The third-order valence-corrected chi connectivity index (χ3v) is 6.20. The standard InChI is InChI=1S/C16H28N4S/c1-4-17-12(2)15-13(3)18-16(21-15)20-10-6-9-19-8-5-7-14(19)11-20/h12,14,17H,4-11H2,1-3H3. The van der Waals surface area contributed by atoms with Crippen LogP contribution in [0.15, 0.2) is 0 Å². The van der Waals surface area contributed by atoms with Crippen LogP contribution in [-0.2, 0) is 0 Å². The van der Waals surface area contributed by atoms with Crippen LogP contribution in [0.1, 0.15) is 49.7 Å². The van der Waals surface area contributed by atoms with Crippen LogP contribution in [0.2, 0.25) is 0 Å². The van der Waals surface area contributed by atoms with E-state index in [1.165, 1.54) is 54.6 Å². The Morgan fingerprint density at radius 2 is 2.14 bits per heavy atom. The number of nitrogens with one attached hydrogen (secondary N) is 1. The Kier molecular flexibility index (Phi) is 4.82. The van der Waals surface area contributed by atoms with E-state index in [1.54, 1.807) is 0 Å². The molecular weight excluding hydrogens is 280 g/mol. The van der Waals surface area contributed by atoms with Crippen molar-refractivity contribution in [3.63, 3.8) is 0 Å². The molecule has 2 fully saturated rings. The Labute approximate surface area is 132 Å². The van der Waals surface area contributed by atoms with E-state index < -0.39 is 0 Å². The minimum atomic E-state index is 0.413. The largest absolute Gasteiger partial charge is 0.346 e. The van der Waals surface area contributed by atoms with Gasteiger partial charge in [0.15, 0.2) is 5.13 Å². The van der Waals surface area contributed by atoms with Gasteiger partial charge in [0, 0.05) is 36.6 Å². The van der Waals surface area contributed by atoms with Gasteiger partial charge in [-0.05, 0) is 46.2 Å². The summed E-state index contributed by atoms with van der Waals surface area (Å²) in [5, 5.41) is 4.75. The van der Waals surface area contributed by atoms with Gasteiger partial charge in [0.1, 0.15) is 0 Å². The zero-order valence-electron chi connectivity index (χ0n) is 13.6. The summed E-state index contributed by atoms with van der Waals surface area (Å²) in [6.45, 7) is 12.5. The van der Waals surface area contributed by atoms with Crippen LogP contribution < -0.4 is 10.2 Å². The van der Waals surface area contributed by atoms with E-state index in [1.807, 2.05) is 11.3 Å². The average molecular weight is 308 g/mol. The first-order chi connectivity index (χ1) is 10.2. The lowest BCUT2D eigenvalue weighted by Gasteiger charge is -2.25. The maximum absolute atomic E-state index is 4.88. The Hall–Kier alpha value is -0.650. The Morgan fingerprint density at radius 1 is 1.33 bits per heavy atom. The average Bonchev–Trinajstić information content (AvgIpc) is 3.00. The van der Waals surface area contributed by atoms with Crippen molar-refractivity contribution in [1.82, 2.24) is 15.2 Å². The van der Waals surface area contributed by atoms with Crippen molar-refractivity contribution >= 4 is 16.5 Å². The molecular formula is C16H28N4S. The van der Waals surface area contributed by atoms with Crippen LogP contribution in [0.3, 0.4) is 0 Å². The highest BCUT2D eigenvalue weighted by Gasteiger charge is 2.30. The van der Waals surface area contributed by atoms with Gasteiger partial charge in [-0.25, -0.2) is 4.98 Å². The molecule has 3 rings (SSSR count). The van der Waals surface area contributed by atoms with Gasteiger partial charge in [0.05, 0.1) is 5.69 Å². The molecule has 118 valence electrons. The van der Waals surface area contributed by atoms with Gasteiger partial charge in [0.25, 0.3) is 0 Å². The molecule has 5 heteroatoms. The summed E-state index contributed by atoms with van der Waals surface area (Å²) in [7, 11) is 0. The van der Waals surface area contributed by atoms with Crippen molar-refractivity contribution in [2.45, 2.75) is 52.1 Å². The fourth-order valence-electron chi connectivity index (χ4n) is 3.71. The molecule has 1 N–H and O–H groups in total. The molecule has 2 aliphatic rings. The fraction of sp³-hybridized carbons (Fsp3) is 0.812. The fourth-order valence-corrected chi connectivity index (χ4v) is 4.84.